The molecule has 154 valence electrons. The molecule has 0 saturated carbocycles. The topological polar surface area (TPSA) is 91.4 Å². The lowest BCUT2D eigenvalue weighted by molar-refractivity contribution is -0.116. The first-order valence-electron chi connectivity index (χ1n) is 9.68. The Bertz CT molecular complexity index is 919. The molecule has 29 heavy (non-hydrogen) atoms. The van der Waals surface area contributed by atoms with Crippen molar-refractivity contribution in [2.75, 3.05) is 25.1 Å². The van der Waals surface area contributed by atoms with Crippen LogP contribution in [0.25, 0.3) is 17.3 Å². The summed E-state index contributed by atoms with van der Waals surface area (Å²) in [4.78, 5) is 16.6. The maximum absolute atomic E-state index is 12.1. The van der Waals surface area contributed by atoms with E-state index in [2.05, 4.69) is 15.4 Å². The number of ether oxygens (including phenoxy) is 2. The Morgan fingerprint density at radius 3 is 2.83 bits per heavy atom. The quantitative estimate of drug-likeness (QED) is 0.520. The molecule has 3 aromatic rings. The van der Waals surface area contributed by atoms with Gasteiger partial charge in [-0.15, -0.1) is 5.10 Å². The van der Waals surface area contributed by atoms with Crippen LogP contribution in [0, 0.1) is 5.92 Å². The number of furan rings is 1. The van der Waals surface area contributed by atoms with Gasteiger partial charge in [-0.05, 0) is 43.2 Å². The molecule has 0 aliphatic rings. The van der Waals surface area contributed by atoms with Crippen LogP contribution in [0.3, 0.4) is 0 Å². The van der Waals surface area contributed by atoms with Gasteiger partial charge in [-0.3, -0.25) is 4.79 Å². The maximum atomic E-state index is 12.1. The van der Waals surface area contributed by atoms with Crippen LogP contribution in [-0.4, -0.2) is 40.5 Å². The molecule has 0 aliphatic heterocycles. The summed E-state index contributed by atoms with van der Waals surface area (Å²) in [5.74, 6) is 1.33. The van der Waals surface area contributed by atoms with Gasteiger partial charge in [0.1, 0.15) is 6.61 Å². The summed E-state index contributed by atoms with van der Waals surface area (Å²) in [6, 6.07) is 11.2. The van der Waals surface area contributed by atoms with Crippen LogP contribution in [-0.2, 0) is 9.53 Å². The van der Waals surface area contributed by atoms with Crippen molar-refractivity contribution in [1.82, 2.24) is 14.8 Å². The van der Waals surface area contributed by atoms with Crippen LogP contribution in [0.1, 0.15) is 27.2 Å². The summed E-state index contributed by atoms with van der Waals surface area (Å²) in [7, 11) is 0. The van der Waals surface area contributed by atoms with Crippen molar-refractivity contribution < 1.29 is 18.7 Å². The summed E-state index contributed by atoms with van der Waals surface area (Å²) in [5.41, 5.74) is 1.42. The number of aromatic nitrogens is 3. The number of rotatable bonds is 10. The molecule has 1 N–H and O–H groups in total. The van der Waals surface area contributed by atoms with Crippen molar-refractivity contribution in [1.29, 1.82) is 0 Å². The molecule has 0 aliphatic carbocycles. The zero-order valence-electron chi connectivity index (χ0n) is 16.9. The predicted molar refractivity (Wildman–Crippen MR) is 109 cm³/mol. The normalized spacial score (nSPS) is 11.0. The fourth-order valence-electron chi connectivity index (χ4n) is 2.73. The van der Waals surface area contributed by atoms with Crippen LogP contribution in [0.15, 0.2) is 47.1 Å². The average molecular weight is 398 g/mol. The highest BCUT2D eigenvalue weighted by Gasteiger charge is 2.17. The van der Waals surface area contributed by atoms with Gasteiger partial charge >= 0.3 is 6.01 Å². The molecule has 3 rings (SSSR count). The summed E-state index contributed by atoms with van der Waals surface area (Å²) < 4.78 is 18.0. The van der Waals surface area contributed by atoms with E-state index in [9.17, 15) is 4.79 Å². The molecule has 0 atom stereocenters. The Morgan fingerprint density at radius 2 is 2.10 bits per heavy atom. The largest absolute Gasteiger partial charge is 0.461 e. The van der Waals surface area contributed by atoms with Crippen LogP contribution >= 0.6 is 0 Å². The van der Waals surface area contributed by atoms with Crippen LogP contribution < -0.4 is 10.1 Å². The third-order valence-electron chi connectivity index (χ3n) is 3.96. The minimum absolute atomic E-state index is 0.0260. The molecule has 0 fully saturated rings. The monoisotopic (exact) mass is 398 g/mol. The number of amides is 1. The summed E-state index contributed by atoms with van der Waals surface area (Å²) in [6.45, 7) is 7.37. The van der Waals surface area contributed by atoms with Crippen molar-refractivity contribution in [3.8, 4) is 23.3 Å². The highest BCUT2D eigenvalue weighted by Crippen LogP contribution is 2.25. The first kappa shape index (κ1) is 20.6. The minimum Gasteiger partial charge on any atom is -0.461 e. The SMILES string of the molecule is CCOCCOc1nc(-c2ccco2)n(-c2cccc(NC(=O)CC(C)C)c2)n1. The molecule has 2 aromatic heterocycles. The summed E-state index contributed by atoms with van der Waals surface area (Å²) in [5, 5.41) is 7.38. The van der Waals surface area contributed by atoms with Gasteiger partial charge in [0.15, 0.2) is 5.76 Å². The number of anilines is 1. The highest BCUT2D eigenvalue weighted by molar-refractivity contribution is 5.91. The Kier molecular flexibility index (Phi) is 7.02. The lowest BCUT2D eigenvalue weighted by atomic mass is 10.1. The molecular formula is C21H26N4O4. The van der Waals surface area contributed by atoms with Gasteiger partial charge in [-0.1, -0.05) is 19.9 Å². The standard InChI is InChI=1S/C21H26N4O4/c1-4-27-11-12-29-21-23-20(18-9-6-10-28-18)25(24-21)17-8-5-7-16(14-17)22-19(26)13-15(2)3/h5-10,14-15H,4,11-13H2,1-3H3,(H,22,26). The van der Waals surface area contributed by atoms with Gasteiger partial charge in [-0.25, -0.2) is 4.68 Å². The third kappa shape index (κ3) is 5.68. The molecule has 1 amide bonds. The fraction of sp³-hybridized carbons (Fsp3) is 0.381. The van der Waals surface area contributed by atoms with E-state index in [1.165, 1.54) is 0 Å². The molecule has 0 saturated heterocycles. The molecular weight excluding hydrogens is 372 g/mol. The van der Waals surface area contributed by atoms with E-state index < -0.39 is 0 Å². The number of benzene rings is 1. The van der Waals surface area contributed by atoms with E-state index in [1.807, 2.05) is 45.0 Å². The number of hydrogen-bond donors (Lipinski definition) is 1. The second kappa shape index (κ2) is 9.88. The number of nitrogens with one attached hydrogen (secondary N) is 1. The zero-order valence-corrected chi connectivity index (χ0v) is 16.9. The Morgan fingerprint density at radius 1 is 1.24 bits per heavy atom. The molecule has 8 nitrogen and oxygen atoms in total. The third-order valence-corrected chi connectivity index (χ3v) is 3.96. The first-order valence-corrected chi connectivity index (χ1v) is 9.68. The Hall–Kier alpha value is -3.13. The van der Waals surface area contributed by atoms with Crippen molar-refractivity contribution in [2.45, 2.75) is 27.2 Å². The zero-order chi connectivity index (χ0) is 20.6. The van der Waals surface area contributed by atoms with Gasteiger partial charge in [0.2, 0.25) is 11.7 Å². The van der Waals surface area contributed by atoms with Crippen LogP contribution in [0.5, 0.6) is 6.01 Å². The van der Waals surface area contributed by atoms with E-state index in [0.29, 0.717) is 43.5 Å². The maximum Gasteiger partial charge on any atom is 0.336 e. The lowest BCUT2D eigenvalue weighted by Gasteiger charge is -2.09. The first-order chi connectivity index (χ1) is 14.1. The van der Waals surface area contributed by atoms with Gasteiger partial charge in [0.25, 0.3) is 0 Å². The second-order valence-corrected chi connectivity index (χ2v) is 6.85. The van der Waals surface area contributed by atoms with E-state index in [1.54, 1.807) is 23.1 Å². The van der Waals surface area contributed by atoms with Crippen molar-refractivity contribution in [3.63, 3.8) is 0 Å². The number of nitrogens with zero attached hydrogens (tertiary/aromatic N) is 3. The van der Waals surface area contributed by atoms with Gasteiger partial charge in [0.05, 0.1) is 18.6 Å². The molecule has 0 spiro atoms. The summed E-state index contributed by atoms with van der Waals surface area (Å²) >= 11 is 0. The molecule has 0 bridgehead atoms. The number of hydrogen-bond acceptors (Lipinski definition) is 6. The summed E-state index contributed by atoms with van der Waals surface area (Å²) in [6.07, 6.45) is 2.04. The average Bonchev–Trinajstić information content (AvgIpc) is 3.34. The van der Waals surface area contributed by atoms with Gasteiger partial charge < -0.3 is 19.2 Å². The van der Waals surface area contributed by atoms with Crippen molar-refractivity contribution in [3.05, 3.63) is 42.7 Å². The number of carbonyl (C=O) groups excluding carboxylic acids is 1. The predicted octanol–water partition coefficient (Wildman–Crippen LogP) is 3.93. The van der Waals surface area contributed by atoms with Crippen LogP contribution in [0.2, 0.25) is 0 Å². The van der Waals surface area contributed by atoms with Crippen molar-refractivity contribution in [2.24, 2.45) is 5.92 Å². The van der Waals surface area contributed by atoms with Crippen molar-refractivity contribution >= 4 is 11.6 Å². The highest BCUT2D eigenvalue weighted by atomic mass is 16.5. The van der Waals surface area contributed by atoms with Gasteiger partial charge in [0, 0.05) is 18.7 Å². The van der Waals surface area contributed by atoms with E-state index in [0.717, 1.165) is 5.69 Å². The Labute approximate surface area is 169 Å². The lowest BCUT2D eigenvalue weighted by Crippen LogP contribution is -2.14. The molecule has 2 heterocycles. The van der Waals surface area contributed by atoms with Gasteiger partial charge in [-0.2, -0.15) is 4.98 Å². The Balaban J connectivity index is 1.85. The van der Waals surface area contributed by atoms with Crippen LogP contribution in [0.4, 0.5) is 5.69 Å². The van der Waals surface area contributed by atoms with E-state index in [4.69, 9.17) is 13.9 Å². The fourth-order valence-corrected chi connectivity index (χ4v) is 2.73. The van der Waals surface area contributed by atoms with E-state index >= 15 is 0 Å². The number of carbonyl (C=O) groups is 1. The molecule has 8 heteroatoms. The molecule has 0 radical (unpaired) electrons. The van der Waals surface area contributed by atoms with E-state index in [-0.39, 0.29) is 17.8 Å². The molecule has 0 unspecified atom stereocenters. The smallest absolute Gasteiger partial charge is 0.336 e. The second-order valence-electron chi connectivity index (χ2n) is 6.85. The molecule has 1 aromatic carbocycles. The minimum atomic E-state index is -0.0260.